The van der Waals surface area contributed by atoms with Crippen molar-refractivity contribution in [2.75, 3.05) is 11.5 Å². The van der Waals surface area contributed by atoms with Crippen LogP contribution in [0.1, 0.15) is 26.7 Å². The quantitative estimate of drug-likeness (QED) is 0.542. The van der Waals surface area contributed by atoms with Gasteiger partial charge in [-0.1, -0.05) is 0 Å². The summed E-state index contributed by atoms with van der Waals surface area (Å²) in [7, 11) is 0. The molecule has 118 valence electrons. The zero-order valence-corrected chi connectivity index (χ0v) is 12.6. The standard InChI is InChI=1S/C13H24O6S/c1-7(2)18-12-11(16)10(15)9(14)8(19-12)3-4-13(17)5-20-6-13/h7-12,14-17H,3-6H2,1-2H3/t8?,9-,10?,11?,12+/m1/s1. The van der Waals surface area contributed by atoms with Gasteiger partial charge in [-0.3, -0.25) is 0 Å². The molecular weight excluding hydrogens is 284 g/mol. The maximum Gasteiger partial charge on any atom is 0.186 e. The largest absolute Gasteiger partial charge is 0.388 e. The number of aliphatic hydroxyl groups excluding tert-OH is 3. The molecule has 0 aliphatic carbocycles. The van der Waals surface area contributed by atoms with Crippen LogP contribution in [0.2, 0.25) is 0 Å². The predicted molar refractivity (Wildman–Crippen MR) is 74.4 cm³/mol. The van der Waals surface area contributed by atoms with E-state index in [0.29, 0.717) is 24.3 Å². The molecule has 0 amide bonds. The van der Waals surface area contributed by atoms with Gasteiger partial charge in [0.25, 0.3) is 0 Å². The minimum atomic E-state index is -1.30. The molecule has 0 spiro atoms. The van der Waals surface area contributed by atoms with E-state index in [2.05, 4.69) is 0 Å². The lowest BCUT2D eigenvalue weighted by atomic mass is 9.91. The Kier molecular flexibility index (Phi) is 5.34. The first-order chi connectivity index (χ1) is 9.32. The number of rotatable bonds is 5. The van der Waals surface area contributed by atoms with Crippen LogP contribution < -0.4 is 0 Å². The number of hydrogen-bond donors (Lipinski definition) is 4. The minimum absolute atomic E-state index is 0.162. The van der Waals surface area contributed by atoms with Gasteiger partial charge in [-0.25, -0.2) is 0 Å². The van der Waals surface area contributed by atoms with Crippen LogP contribution in [0.3, 0.4) is 0 Å². The van der Waals surface area contributed by atoms with Gasteiger partial charge in [-0.2, -0.15) is 11.8 Å². The number of thioether (sulfide) groups is 1. The van der Waals surface area contributed by atoms with Gasteiger partial charge >= 0.3 is 0 Å². The Morgan fingerprint density at radius 3 is 2.35 bits per heavy atom. The Hall–Kier alpha value is 0.110. The average molecular weight is 308 g/mol. The lowest BCUT2D eigenvalue weighted by molar-refractivity contribution is -0.306. The van der Waals surface area contributed by atoms with Gasteiger partial charge in [0.2, 0.25) is 0 Å². The molecule has 20 heavy (non-hydrogen) atoms. The fourth-order valence-corrected chi connectivity index (χ4v) is 3.39. The molecule has 0 aromatic rings. The van der Waals surface area contributed by atoms with Gasteiger partial charge in [0.05, 0.1) is 17.8 Å². The van der Waals surface area contributed by atoms with E-state index in [0.717, 1.165) is 0 Å². The topological polar surface area (TPSA) is 99.4 Å². The van der Waals surface area contributed by atoms with Crippen LogP contribution in [0, 0.1) is 0 Å². The molecule has 0 aromatic heterocycles. The Morgan fingerprint density at radius 2 is 1.85 bits per heavy atom. The van der Waals surface area contributed by atoms with E-state index in [-0.39, 0.29) is 6.10 Å². The summed E-state index contributed by atoms with van der Waals surface area (Å²) in [6, 6.07) is 0. The summed E-state index contributed by atoms with van der Waals surface area (Å²) >= 11 is 1.67. The van der Waals surface area contributed by atoms with Crippen molar-refractivity contribution in [3.63, 3.8) is 0 Å². The van der Waals surface area contributed by atoms with E-state index in [1.54, 1.807) is 25.6 Å². The monoisotopic (exact) mass is 308 g/mol. The first kappa shape index (κ1) is 16.5. The van der Waals surface area contributed by atoms with Gasteiger partial charge in [0.15, 0.2) is 6.29 Å². The maximum atomic E-state index is 10.1. The van der Waals surface area contributed by atoms with Crippen molar-refractivity contribution in [3.05, 3.63) is 0 Å². The molecule has 0 saturated carbocycles. The molecule has 2 heterocycles. The van der Waals surface area contributed by atoms with Crippen LogP contribution in [0.5, 0.6) is 0 Å². The van der Waals surface area contributed by atoms with Crippen molar-refractivity contribution >= 4 is 11.8 Å². The molecule has 2 aliphatic rings. The van der Waals surface area contributed by atoms with E-state index in [1.807, 2.05) is 0 Å². The summed E-state index contributed by atoms with van der Waals surface area (Å²) in [6.07, 6.45) is -4.60. The number of ether oxygens (including phenoxy) is 2. The highest BCUT2D eigenvalue weighted by molar-refractivity contribution is 8.00. The van der Waals surface area contributed by atoms with E-state index in [1.165, 1.54) is 0 Å². The van der Waals surface area contributed by atoms with Gasteiger partial charge in [-0.15, -0.1) is 0 Å². The molecule has 2 fully saturated rings. The fraction of sp³-hybridized carbons (Fsp3) is 1.00. The molecule has 4 N–H and O–H groups in total. The molecule has 2 aliphatic heterocycles. The van der Waals surface area contributed by atoms with E-state index < -0.39 is 36.3 Å². The Labute approximate surface area is 123 Å². The third-order valence-corrected chi connectivity index (χ3v) is 5.19. The summed E-state index contributed by atoms with van der Waals surface area (Å²) in [6.45, 7) is 3.60. The lowest BCUT2D eigenvalue weighted by Gasteiger charge is -2.43. The summed E-state index contributed by atoms with van der Waals surface area (Å²) < 4.78 is 11.0. The van der Waals surface area contributed by atoms with Crippen LogP contribution in [-0.2, 0) is 9.47 Å². The Morgan fingerprint density at radius 1 is 1.20 bits per heavy atom. The first-order valence-corrected chi connectivity index (χ1v) is 8.13. The Balaban J connectivity index is 1.92. The zero-order valence-electron chi connectivity index (χ0n) is 11.8. The van der Waals surface area contributed by atoms with Crippen LogP contribution in [0.4, 0.5) is 0 Å². The van der Waals surface area contributed by atoms with Crippen molar-refractivity contribution in [1.82, 2.24) is 0 Å². The summed E-state index contributed by atoms with van der Waals surface area (Å²) in [5.41, 5.74) is -0.691. The van der Waals surface area contributed by atoms with Crippen LogP contribution in [-0.4, -0.2) is 74.3 Å². The average Bonchev–Trinajstić information content (AvgIpc) is 2.35. The fourth-order valence-electron chi connectivity index (χ4n) is 2.43. The van der Waals surface area contributed by atoms with Crippen molar-refractivity contribution in [2.24, 2.45) is 0 Å². The van der Waals surface area contributed by atoms with Crippen molar-refractivity contribution < 1.29 is 29.9 Å². The second-order valence-corrected chi connectivity index (χ2v) is 6.94. The predicted octanol–water partition coefficient (Wildman–Crippen LogP) is -0.523. The summed E-state index contributed by atoms with van der Waals surface area (Å²) in [5, 5.41) is 39.7. The number of aliphatic hydroxyl groups is 4. The third kappa shape index (κ3) is 3.65. The molecule has 0 aromatic carbocycles. The SMILES string of the molecule is CC(C)O[C@H]1OC(CCC2(O)CSC2)[C@@H](O)C(O)C1O. The van der Waals surface area contributed by atoms with Gasteiger partial charge < -0.3 is 29.9 Å². The summed E-state index contributed by atoms with van der Waals surface area (Å²) in [5.74, 6) is 1.37. The molecule has 5 atom stereocenters. The first-order valence-electron chi connectivity index (χ1n) is 6.98. The second kappa shape index (κ2) is 6.48. The third-order valence-electron chi connectivity index (χ3n) is 3.71. The summed E-state index contributed by atoms with van der Waals surface area (Å²) in [4.78, 5) is 0. The highest BCUT2D eigenvalue weighted by Gasteiger charge is 2.45. The maximum absolute atomic E-state index is 10.1. The minimum Gasteiger partial charge on any atom is -0.388 e. The van der Waals surface area contributed by atoms with E-state index in [9.17, 15) is 20.4 Å². The van der Waals surface area contributed by atoms with Gasteiger partial charge in [0, 0.05) is 11.5 Å². The smallest absolute Gasteiger partial charge is 0.186 e. The van der Waals surface area contributed by atoms with Crippen LogP contribution in [0.25, 0.3) is 0 Å². The second-order valence-electron chi connectivity index (χ2n) is 5.96. The van der Waals surface area contributed by atoms with Crippen molar-refractivity contribution in [1.29, 1.82) is 0 Å². The molecule has 0 bridgehead atoms. The molecule has 0 radical (unpaired) electrons. The highest BCUT2D eigenvalue weighted by Crippen LogP contribution is 2.35. The van der Waals surface area contributed by atoms with Crippen LogP contribution >= 0.6 is 11.8 Å². The molecule has 6 nitrogen and oxygen atoms in total. The molecule has 2 rings (SSSR count). The molecule has 2 saturated heterocycles. The lowest BCUT2D eigenvalue weighted by Crippen LogP contribution is -2.59. The van der Waals surface area contributed by atoms with Crippen LogP contribution in [0.15, 0.2) is 0 Å². The van der Waals surface area contributed by atoms with Crippen molar-refractivity contribution in [3.8, 4) is 0 Å². The number of hydrogen-bond acceptors (Lipinski definition) is 7. The normalized spacial score (nSPS) is 40.6. The highest BCUT2D eigenvalue weighted by atomic mass is 32.2. The van der Waals surface area contributed by atoms with Crippen molar-refractivity contribution in [2.45, 2.75) is 69.1 Å². The molecule has 7 heteroatoms. The zero-order chi connectivity index (χ0) is 14.9. The molecule has 3 unspecified atom stereocenters. The van der Waals surface area contributed by atoms with E-state index in [4.69, 9.17) is 9.47 Å². The van der Waals surface area contributed by atoms with E-state index >= 15 is 0 Å². The molecular formula is C13H24O6S. The Bertz CT molecular complexity index is 322. The van der Waals surface area contributed by atoms with Gasteiger partial charge in [-0.05, 0) is 26.7 Å². The van der Waals surface area contributed by atoms with Gasteiger partial charge in [0.1, 0.15) is 18.3 Å².